The number of fused-ring (bicyclic) bond motifs is 12. The number of aryl methyl sites for hydroxylation is 4. The Morgan fingerprint density at radius 1 is 0.369 bits per heavy atom. The van der Waals surface area contributed by atoms with Crippen molar-refractivity contribution >= 4 is 88.3 Å². The molecule has 0 spiro atoms. The van der Waals surface area contributed by atoms with Gasteiger partial charge in [-0.25, -0.2) is 8.78 Å². The number of nitrogens with zero attached hydrogens (tertiary/aromatic N) is 2. The Morgan fingerprint density at radius 2 is 0.754 bits per heavy atom. The lowest BCUT2D eigenvalue weighted by molar-refractivity contribution is 0.589. The summed E-state index contributed by atoms with van der Waals surface area (Å²) in [5.41, 5.74) is 20.1. The number of halogens is 2. The molecule has 65 heavy (non-hydrogen) atoms. The zero-order chi connectivity index (χ0) is 43.6. The molecule has 10 aromatic carbocycles. The second-order valence-electron chi connectivity index (χ2n) is 18.5. The van der Waals surface area contributed by atoms with Crippen molar-refractivity contribution in [2.45, 2.75) is 27.7 Å². The van der Waals surface area contributed by atoms with E-state index in [9.17, 15) is 0 Å². The van der Waals surface area contributed by atoms with E-state index in [1.54, 1.807) is 0 Å². The van der Waals surface area contributed by atoms with Crippen molar-refractivity contribution in [1.29, 1.82) is 0 Å². The van der Waals surface area contributed by atoms with Gasteiger partial charge in [-0.15, -0.1) is 0 Å². The van der Waals surface area contributed by atoms with E-state index in [2.05, 4.69) is 182 Å². The normalized spacial score (nSPS) is 12.7. The van der Waals surface area contributed by atoms with Crippen LogP contribution in [0.15, 0.2) is 164 Å². The molecule has 2 aliphatic heterocycles. The van der Waals surface area contributed by atoms with Crippen LogP contribution in [0, 0.1) is 39.3 Å². The number of hydrogen-bond acceptors (Lipinski definition) is 0. The van der Waals surface area contributed by atoms with Gasteiger partial charge in [0.2, 0.25) is 0 Å². The van der Waals surface area contributed by atoms with Gasteiger partial charge in [0.1, 0.15) is 11.6 Å². The first-order valence-corrected chi connectivity index (χ1v) is 22.5. The molecule has 0 amide bonds. The monoisotopic (exact) mass is 836 g/mol. The second kappa shape index (κ2) is 12.9. The van der Waals surface area contributed by atoms with Crippen LogP contribution in [-0.4, -0.2) is 15.8 Å². The first kappa shape index (κ1) is 36.7. The summed E-state index contributed by atoms with van der Waals surface area (Å²) in [6.07, 6.45) is 0. The third-order valence-electron chi connectivity index (χ3n) is 14.8. The van der Waals surface area contributed by atoms with Crippen LogP contribution < -0.4 is 16.4 Å². The standard InChI is InChI=1S/C60H39BF2N2/c1-32-12-9-13-33(2)55(32)40-24-45-43-22-36-16-5-7-18-38(36)28-51(43)64-53-30-42(57-49(62)20-11-21-50(57)63)31-54-58(53)61(47(26-40)59(45)64)48-27-41(56-34(3)14-10-15-35(56)4)25-46-44-23-37-17-6-8-19-39(37)29-52(44)65(54)60(46)48/h5-31H,1-4H3. The molecule has 0 unspecified atom stereocenters. The van der Waals surface area contributed by atoms with Crippen LogP contribution in [-0.2, 0) is 0 Å². The molecule has 14 rings (SSSR count). The predicted octanol–water partition coefficient (Wildman–Crippen LogP) is 13.8. The largest absolute Gasteiger partial charge is 0.310 e. The maximum Gasteiger partial charge on any atom is 0.252 e. The third kappa shape index (κ3) is 4.88. The van der Waals surface area contributed by atoms with E-state index in [1.165, 1.54) is 84.4 Å². The van der Waals surface area contributed by atoms with Gasteiger partial charge in [0.15, 0.2) is 0 Å². The number of benzene rings is 10. The van der Waals surface area contributed by atoms with Crippen LogP contribution >= 0.6 is 0 Å². The van der Waals surface area contributed by atoms with E-state index in [1.807, 2.05) is 0 Å². The van der Waals surface area contributed by atoms with E-state index < -0.39 is 11.6 Å². The van der Waals surface area contributed by atoms with Gasteiger partial charge in [0, 0.05) is 44.0 Å². The van der Waals surface area contributed by atoms with Crippen molar-refractivity contribution in [3.63, 3.8) is 0 Å². The quantitative estimate of drug-likeness (QED) is 0.157. The van der Waals surface area contributed by atoms with Gasteiger partial charge >= 0.3 is 0 Å². The van der Waals surface area contributed by atoms with Gasteiger partial charge < -0.3 is 9.13 Å². The maximum atomic E-state index is 16.3. The summed E-state index contributed by atoms with van der Waals surface area (Å²) in [6.45, 7) is 8.65. The van der Waals surface area contributed by atoms with Crippen molar-refractivity contribution in [3.05, 3.63) is 198 Å². The lowest BCUT2D eigenvalue weighted by atomic mass is 9.34. The van der Waals surface area contributed by atoms with Crippen molar-refractivity contribution in [1.82, 2.24) is 9.13 Å². The Morgan fingerprint density at radius 3 is 1.18 bits per heavy atom. The highest BCUT2D eigenvalue weighted by atomic mass is 19.1. The van der Waals surface area contributed by atoms with Crippen LogP contribution in [0.1, 0.15) is 22.3 Å². The number of hydrogen-bond donors (Lipinski definition) is 0. The Kier molecular flexibility index (Phi) is 7.30. The fraction of sp³-hybridized carbons (Fsp3) is 0.0667. The molecular weight excluding hydrogens is 797 g/mol. The molecule has 2 aliphatic rings. The van der Waals surface area contributed by atoms with Gasteiger partial charge in [0.05, 0.1) is 16.6 Å². The number of aromatic nitrogens is 2. The summed E-state index contributed by atoms with van der Waals surface area (Å²) >= 11 is 0. The topological polar surface area (TPSA) is 9.86 Å². The van der Waals surface area contributed by atoms with Gasteiger partial charge in [0.25, 0.3) is 6.71 Å². The van der Waals surface area contributed by atoms with E-state index in [-0.39, 0.29) is 12.3 Å². The lowest BCUT2D eigenvalue weighted by Gasteiger charge is -2.35. The molecule has 0 N–H and O–H groups in total. The molecule has 5 heteroatoms. The van der Waals surface area contributed by atoms with E-state index in [0.29, 0.717) is 5.56 Å². The Labute approximate surface area is 374 Å². The zero-order valence-electron chi connectivity index (χ0n) is 36.3. The fourth-order valence-corrected chi connectivity index (χ4v) is 12.2. The zero-order valence-corrected chi connectivity index (χ0v) is 36.3. The average molecular weight is 837 g/mol. The molecule has 0 fully saturated rings. The fourth-order valence-electron chi connectivity index (χ4n) is 12.2. The van der Waals surface area contributed by atoms with Crippen LogP contribution in [0.25, 0.3) is 110 Å². The minimum absolute atomic E-state index is 0.0215. The number of rotatable bonds is 3. The molecule has 2 aromatic heterocycles. The molecule has 0 radical (unpaired) electrons. The SMILES string of the molecule is Cc1cccc(C)c1-c1cc2c3c(c1)c1cc4ccccc4cc1n3-c1cc(-c3c(F)cccc3F)cc3c1B2c1cc(-c2c(C)cccc2C)cc2c4cc5ccccc5cc4n-3c12. The highest BCUT2D eigenvalue weighted by Gasteiger charge is 2.42. The van der Waals surface area contributed by atoms with Crippen LogP contribution in [0.3, 0.4) is 0 Å². The summed E-state index contributed by atoms with van der Waals surface area (Å²) < 4.78 is 37.3. The van der Waals surface area contributed by atoms with Crippen molar-refractivity contribution < 1.29 is 8.78 Å². The minimum atomic E-state index is -0.584. The molecule has 2 nitrogen and oxygen atoms in total. The van der Waals surface area contributed by atoms with Crippen molar-refractivity contribution in [2.24, 2.45) is 0 Å². The third-order valence-corrected chi connectivity index (χ3v) is 14.8. The van der Waals surface area contributed by atoms with Gasteiger partial charge in [-0.3, -0.25) is 0 Å². The Hall–Kier alpha value is -7.76. The van der Waals surface area contributed by atoms with Gasteiger partial charge in [-0.2, -0.15) is 0 Å². The highest BCUT2D eigenvalue weighted by Crippen LogP contribution is 2.45. The molecule has 306 valence electrons. The lowest BCUT2D eigenvalue weighted by Crippen LogP contribution is -2.59. The molecule has 0 saturated heterocycles. The van der Waals surface area contributed by atoms with E-state index in [4.69, 9.17) is 0 Å². The molecule has 0 saturated carbocycles. The highest BCUT2D eigenvalue weighted by molar-refractivity contribution is 7.00. The van der Waals surface area contributed by atoms with E-state index in [0.717, 1.165) is 71.2 Å². The molecule has 4 heterocycles. The second-order valence-corrected chi connectivity index (χ2v) is 18.5. The summed E-state index contributed by atoms with van der Waals surface area (Å²) in [4.78, 5) is 0. The smallest absolute Gasteiger partial charge is 0.252 e. The van der Waals surface area contributed by atoms with Crippen LogP contribution in [0.4, 0.5) is 8.78 Å². The summed E-state index contributed by atoms with van der Waals surface area (Å²) in [7, 11) is 0. The molecule has 12 aromatic rings. The summed E-state index contributed by atoms with van der Waals surface area (Å²) in [5, 5.41) is 9.22. The summed E-state index contributed by atoms with van der Waals surface area (Å²) in [5.74, 6) is -1.17. The Balaban J connectivity index is 1.24. The van der Waals surface area contributed by atoms with Gasteiger partial charge in [-0.1, -0.05) is 103 Å². The average Bonchev–Trinajstić information content (AvgIpc) is 3.79. The van der Waals surface area contributed by atoms with Crippen LogP contribution in [0.2, 0.25) is 0 Å². The minimum Gasteiger partial charge on any atom is -0.310 e. The van der Waals surface area contributed by atoms with E-state index >= 15 is 8.78 Å². The maximum absolute atomic E-state index is 16.3. The first-order chi connectivity index (χ1) is 31.7. The molecule has 0 bridgehead atoms. The Bertz CT molecular complexity index is 3850. The van der Waals surface area contributed by atoms with Gasteiger partial charge in [-0.05, 0) is 176 Å². The van der Waals surface area contributed by atoms with Crippen molar-refractivity contribution in [3.8, 4) is 44.8 Å². The van der Waals surface area contributed by atoms with Crippen LogP contribution in [0.5, 0.6) is 0 Å². The molecule has 0 aliphatic carbocycles. The molecular formula is C60H39BF2N2. The first-order valence-electron chi connectivity index (χ1n) is 22.5. The predicted molar refractivity (Wildman–Crippen MR) is 270 cm³/mol. The molecule has 0 atom stereocenters. The summed E-state index contributed by atoms with van der Waals surface area (Å²) in [6, 6.07) is 57.5. The van der Waals surface area contributed by atoms with Crippen molar-refractivity contribution in [2.75, 3.05) is 0 Å².